The monoisotopic (exact) mass is 334 g/mol. The molecule has 0 atom stereocenters. The average molecular weight is 332 g/mol. The van der Waals surface area contributed by atoms with Gasteiger partial charge in [-0.3, -0.25) is 0 Å². The molecule has 88 valence electrons. The fraction of sp³-hybridized carbons (Fsp3) is 0.429. The molecule has 2 heteroatoms. The molecule has 1 rings (SSSR count). The summed E-state index contributed by atoms with van der Waals surface area (Å²) in [5.74, 6) is 0. The van der Waals surface area contributed by atoms with Crippen molar-refractivity contribution in [2.24, 2.45) is 0 Å². The van der Waals surface area contributed by atoms with E-state index in [-0.39, 0.29) is 20.9 Å². The predicted molar refractivity (Wildman–Crippen MR) is 70.7 cm³/mol. The molecule has 0 aliphatic carbocycles. The third kappa shape index (κ3) is 7.06. The molecular weight excluding hydrogens is 312 g/mol. The zero-order valence-corrected chi connectivity index (χ0v) is 12.2. The van der Waals surface area contributed by atoms with Crippen LogP contribution >= 0.6 is 0 Å². The molecule has 0 saturated heterocycles. The van der Waals surface area contributed by atoms with Crippen molar-refractivity contribution in [3.05, 3.63) is 46.1 Å². The van der Waals surface area contributed by atoms with E-state index in [1.54, 1.807) is 0 Å². The number of hydrogen-bond acceptors (Lipinski definition) is 1. The van der Waals surface area contributed by atoms with Gasteiger partial charge in [0.1, 0.15) is 0 Å². The fourth-order valence-corrected chi connectivity index (χ4v) is 2.63. The van der Waals surface area contributed by atoms with Gasteiger partial charge in [0.15, 0.2) is 0 Å². The van der Waals surface area contributed by atoms with Gasteiger partial charge in [0.05, 0.1) is 0 Å². The molecule has 0 aromatic heterocycles. The van der Waals surface area contributed by atoms with Crippen LogP contribution in [0.2, 0.25) is 4.47 Å². The quantitative estimate of drug-likeness (QED) is 0.522. The van der Waals surface area contributed by atoms with Crippen LogP contribution in [0.15, 0.2) is 40.5 Å². The zero-order chi connectivity index (χ0) is 11.5. The van der Waals surface area contributed by atoms with Gasteiger partial charge in [0.25, 0.3) is 0 Å². The van der Waals surface area contributed by atoms with Gasteiger partial charge in [-0.25, -0.2) is 0 Å². The van der Waals surface area contributed by atoms with Crippen LogP contribution in [-0.2, 0) is 11.3 Å². The molecule has 1 aromatic carbocycles. The van der Waals surface area contributed by atoms with E-state index in [1.165, 1.54) is 16.5 Å². The number of hydrogen-bond donors (Lipinski definition) is 0. The van der Waals surface area contributed by atoms with Gasteiger partial charge < -0.3 is 0 Å². The van der Waals surface area contributed by atoms with Gasteiger partial charge in [-0.05, 0) is 0 Å². The van der Waals surface area contributed by atoms with Crippen molar-refractivity contribution in [2.45, 2.75) is 30.8 Å². The Labute approximate surface area is 109 Å². The van der Waals surface area contributed by atoms with Crippen molar-refractivity contribution in [1.29, 1.82) is 0 Å². The van der Waals surface area contributed by atoms with Gasteiger partial charge >= 0.3 is 109 Å². The molecule has 0 fully saturated rings. The normalized spacial score (nSPS) is 11.1. The number of ether oxygens (including phenoxy) is 1. The first-order valence-corrected chi connectivity index (χ1v) is 8.81. The summed E-state index contributed by atoms with van der Waals surface area (Å²) in [6, 6.07) is 10.3. The van der Waals surface area contributed by atoms with Crippen LogP contribution in [0.5, 0.6) is 0 Å². The van der Waals surface area contributed by atoms with Crippen LogP contribution < -0.4 is 0 Å². The summed E-state index contributed by atoms with van der Waals surface area (Å²) in [5, 5.41) is 0. The Kier molecular flexibility index (Phi) is 8.52. The Morgan fingerprint density at radius 1 is 1.25 bits per heavy atom. The second-order valence-electron chi connectivity index (χ2n) is 3.51. The van der Waals surface area contributed by atoms with E-state index in [9.17, 15) is 0 Å². The van der Waals surface area contributed by atoms with Crippen molar-refractivity contribution in [2.75, 3.05) is 6.61 Å². The third-order valence-corrected chi connectivity index (χ3v) is 4.18. The summed E-state index contributed by atoms with van der Waals surface area (Å²) < 4.78 is 9.36. The van der Waals surface area contributed by atoms with Gasteiger partial charge in [-0.2, -0.15) is 0 Å². The summed E-state index contributed by atoms with van der Waals surface area (Å²) in [5.41, 5.74) is 1.26. The Morgan fingerprint density at radius 2 is 2.06 bits per heavy atom. The number of rotatable bonds is 8. The molecule has 1 nitrogen and oxygen atoms in total. The summed E-state index contributed by atoms with van der Waals surface area (Å²) in [6.45, 7) is 3.87. The van der Waals surface area contributed by atoms with Crippen molar-refractivity contribution in [1.82, 2.24) is 0 Å². The van der Waals surface area contributed by atoms with Crippen LogP contribution in [0.1, 0.15) is 25.3 Å². The molecule has 0 heterocycles. The number of benzene rings is 1. The van der Waals surface area contributed by atoms with E-state index in [1.807, 2.05) is 6.07 Å². The zero-order valence-electron chi connectivity index (χ0n) is 9.89. The predicted octanol–water partition coefficient (Wildman–Crippen LogP) is 3.64. The molecule has 0 unspecified atom stereocenters. The first-order valence-electron chi connectivity index (χ1n) is 5.81. The van der Waals surface area contributed by atoms with Gasteiger partial charge in [0, 0.05) is 0 Å². The van der Waals surface area contributed by atoms with E-state index in [0.717, 1.165) is 19.6 Å². The topological polar surface area (TPSA) is 9.23 Å². The van der Waals surface area contributed by atoms with Crippen molar-refractivity contribution >= 4 is 20.9 Å². The molecule has 0 aliphatic heterocycles. The summed E-state index contributed by atoms with van der Waals surface area (Å²) in [4.78, 5) is 0. The van der Waals surface area contributed by atoms with E-state index >= 15 is 0 Å². The molecule has 0 bridgehead atoms. The number of unbranched alkanes of at least 4 members (excludes halogenated alkanes) is 1. The van der Waals surface area contributed by atoms with E-state index in [2.05, 4.69) is 41.4 Å². The summed E-state index contributed by atoms with van der Waals surface area (Å²) in [7, 11) is 0. The maximum absolute atomic E-state index is 5.60. The van der Waals surface area contributed by atoms with Gasteiger partial charge in [-0.15, -0.1) is 0 Å². The molecule has 0 spiro atoms. The second kappa shape index (κ2) is 9.90. The third-order valence-electron chi connectivity index (χ3n) is 2.13. The molecule has 16 heavy (non-hydrogen) atoms. The first kappa shape index (κ1) is 13.8. The Morgan fingerprint density at radius 3 is 2.81 bits per heavy atom. The summed E-state index contributed by atoms with van der Waals surface area (Å²) in [6.07, 6.45) is 4.62. The van der Waals surface area contributed by atoms with Crippen LogP contribution in [0.25, 0.3) is 0 Å². The molecule has 0 saturated carbocycles. The first-order chi connectivity index (χ1) is 7.93. The average Bonchev–Trinajstić information content (AvgIpc) is 2.34. The second-order valence-corrected chi connectivity index (χ2v) is 6.88. The summed E-state index contributed by atoms with van der Waals surface area (Å²) >= 11 is 0.188. The van der Waals surface area contributed by atoms with Crippen molar-refractivity contribution < 1.29 is 4.74 Å². The van der Waals surface area contributed by atoms with Crippen molar-refractivity contribution in [3.63, 3.8) is 0 Å². The molecule has 0 amide bonds. The SMILES string of the molecule is CC[Te]/C=C\CCCOCc1ccccc1. The Hall–Kier alpha value is -0.290. The maximum atomic E-state index is 5.60. The van der Waals surface area contributed by atoms with Gasteiger partial charge in [0.2, 0.25) is 0 Å². The van der Waals surface area contributed by atoms with E-state index < -0.39 is 0 Å². The number of allylic oxidation sites excluding steroid dienone is 1. The van der Waals surface area contributed by atoms with Crippen LogP contribution in [0.4, 0.5) is 0 Å². The Balaban J connectivity index is 1.96. The Bertz CT molecular complexity index is 282. The van der Waals surface area contributed by atoms with Crippen molar-refractivity contribution in [3.8, 4) is 0 Å². The van der Waals surface area contributed by atoms with Crippen LogP contribution in [-0.4, -0.2) is 27.5 Å². The standard InChI is InChI=1S/C14H20OTe/c1-2-16-12-8-4-7-11-15-13-14-9-5-3-6-10-14/h3,5-6,8-10,12H,2,4,7,11,13H2,1H3/b12-8-. The minimum absolute atomic E-state index is 0.188. The minimum atomic E-state index is 0.188. The van der Waals surface area contributed by atoms with Gasteiger partial charge in [-0.1, -0.05) is 0 Å². The molecule has 0 aliphatic rings. The van der Waals surface area contributed by atoms with E-state index in [0.29, 0.717) is 0 Å². The van der Waals surface area contributed by atoms with Crippen LogP contribution in [0, 0.1) is 0 Å². The molecule has 0 radical (unpaired) electrons. The molecule has 0 N–H and O–H groups in total. The van der Waals surface area contributed by atoms with E-state index in [4.69, 9.17) is 4.74 Å². The molecular formula is C14H20OTe. The fourth-order valence-electron chi connectivity index (χ4n) is 1.30. The molecule has 1 aromatic rings. The van der Waals surface area contributed by atoms with Crippen LogP contribution in [0.3, 0.4) is 0 Å².